The minimum atomic E-state index is -0.802. The van der Waals surface area contributed by atoms with E-state index in [0.717, 1.165) is 38.2 Å². The summed E-state index contributed by atoms with van der Waals surface area (Å²) in [5, 5.41) is 12.7. The molecule has 1 aromatic heterocycles. The van der Waals surface area contributed by atoms with Crippen LogP contribution in [0.25, 0.3) is 0 Å². The molecule has 3 N–H and O–H groups in total. The first-order valence-corrected chi connectivity index (χ1v) is 11.9. The van der Waals surface area contributed by atoms with Crippen molar-refractivity contribution in [2.45, 2.75) is 25.3 Å². The minimum Gasteiger partial charge on any atom is -0.493 e. The molecule has 2 aromatic rings. The molecular formula is C24H30N8O4. The van der Waals surface area contributed by atoms with Gasteiger partial charge in [0.15, 0.2) is 11.5 Å². The number of hydrogen-bond donors (Lipinski definition) is 2. The molecule has 1 atom stereocenters. The third-order valence-corrected chi connectivity index (χ3v) is 6.19. The van der Waals surface area contributed by atoms with Crippen molar-refractivity contribution in [3.63, 3.8) is 0 Å². The van der Waals surface area contributed by atoms with Crippen LogP contribution in [0.4, 0.5) is 26.9 Å². The summed E-state index contributed by atoms with van der Waals surface area (Å²) < 4.78 is 10.3. The van der Waals surface area contributed by atoms with Gasteiger partial charge in [-0.3, -0.25) is 0 Å². The Hall–Kier alpha value is -4.27. The van der Waals surface area contributed by atoms with Crippen LogP contribution in [0, 0.1) is 11.3 Å². The van der Waals surface area contributed by atoms with Gasteiger partial charge in [-0.15, -0.1) is 0 Å². The lowest BCUT2D eigenvalue weighted by Crippen LogP contribution is -2.49. The van der Waals surface area contributed by atoms with Gasteiger partial charge in [-0.1, -0.05) is 0 Å². The predicted octanol–water partition coefficient (Wildman–Crippen LogP) is 2.29. The lowest BCUT2D eigenvalue weighted by Gasteiger charge is -2.37. The van der Waals surface area contributed by atoms with Crippen LogP contribution in [0.1, 0.15) is 25.0 Å². The third-order valence-electron chi connectivity index (χ3n) is 6.19. The van der Waals surface area contributed by atoms with E-state index < -0.39 is 6.09 Å². The molecule has 3 heterocycles. The van der Waals surface area contributed by atoms with E-state index in [9.17, 15) is 14.9 Å². The second-order valence-corrected chi connectivity index (χ2v) is 8.70. The average Bonchev–Trinajstić information content (AvgIpc) is 3.22. The van der Waals surface area contributed by atoms with Crippen LogP contribution in [-0.4, -0.2) is 84.4 Å². The number of nitrogens with zero attached hydrogens (tertiary/aromatic N) is 6. The molecule has 4 rings (SSSR count). The van der Waals surface area contributed by atoms with Crippen molar-refractivity contribution in [2.24, 2.45) is 5.73 Å². The van der Waals surface area contributed by atoms with Gasteiger partial charge in [0.05, 0.1) is 25.5 Å². The summed E-state index contributed by atoms with van der Waals surface area (Å²) in [7, 11) is 1.83. The highest BCUT2D eigenvalue weighted by Crippen LogP contribution is 2.26. The van der Waals surface area contributed by atoms with Crippen molar-refractivity contribution in [1.29, 1.82) is 5.26 Å². The van der Waals surface area contributed by atoms with Crippen molar-refractivity contribution in [1.82, 2.24) is 19.8 Å². The smallest absolute Gasteiger partial charge is 0.404 e. The first-order valence-electron chi connectivity index (χ1n) is 11.9. The molecule has 2 fully saturated rings. The van der Waals surface area contributed by atoms with Gasteiger partial charge in [0.25, 0.3) is 0 Å². The number of anilines is 3. The maximum Gasteiger partial charge on any atom is 0.404 e. The number of likely N-dealkylation sites (N-methyl/N-ethyl adjacent to an activating group) is 1. The summed E-state index contributed by atoms with van der Waals surface area (Å²) in [4.78, 5) is 37.9. The van der Waals surface area contributed by atoms with Crippen molar-refractivity contribution >= 4 is 29.4 Å². The van der Waals surface area contributed by atoms with E-state index in [-0.39, 0.29) is 24.4 Å². The van der Waals surface area contributed by atoms with E-state index in [2.05, 4.69) is 26.0 Å². The second kappa shape index (κ2) is 11.4. The largest absolute Gasteiger partial charge is 0.493 e. The number of primary amides is 1. The second-order valence-electron chi connectivity index (χ2n) is 8.70. The highest BCUT2D eigenvalue weighted by molar-refractivity contribution is 5.76. The number of aromatic nitrogens is 2. The maximum atomic E-state index is 12.5. The summed E-state index contributed by atoms with van der Waals surface area (Å²) in [5.41, 5.74) is 5.84. The Morgan fingerprint density at radius 3 is 2.75 bits per heavy atom. The number of benzene rings is 1. The molecule has 3 amide bonds. The number of carbonyl (C=O) groups excluding carboxylic acids is 2. The molecule has 2 aliphatic heterocycles. The van der Waals surface area contributed by atoms with Gasteiger partial charge in [0.1, 0.15) is 17.6 Å². The number of hydrogen-bond acceptors (Lipinski definition) is 9. The molecule has 0 saturated carbocycles. The molecule has 0 spiro atoms. The van der Waals surface area contributed by atoms with Crippen LogP contribution in [-0.2, 0) is 4.74 Å². The molecule has 2 aliphatic rings. The van der Waals surface area contributed by atoms with E-state index >= 15 is 0 Å². The number of nitriles is 1. The lowest BCUT2D eigenvalue weighted by molar-refractivity contribution is 0.147. The van der Waals surface area contributed by atoms with E-state index in [1.54, 1.807) is 23.2 Å². The quantitative estimate of drug-likeness (QED) is 0.500. The van der Waals surface area contributed by atoms with Gasteiger partial charge in [0.2, 0.25) is 0 Å². The summed E-state index contributed by atoms with van der Waals surface area (Å²) in [5.74, 6) is 1.69. The lowest BCUT2D eigenvalue weighted by atomic mass is 10.0. The van der Waals surface area contributed by atoms with Crippen molar-refractivity contribution < 1.29 is 19.1 Å². The van der Waals surface area contributed by atoms with Crippen LogP contribution < -0.4 is 20.7 Å². The number of ether oxygens (including phenoxy) is 2. The number of amides is 3. The summed E-state index contributed by atoms with van der Waals surface area (Å²) in [6.07, 6.45) is 3.24. The zero-order valence-electron chi connectivity index (χ0n) is 20.2. The van der Waals surface area contributed by atoms with Crippen LogP contribution >= 0.6 is 0 Å². The Balaban J connectivity index is 1.39. The van der Waals surface area contributed by atoms with Crippen LogP contribution in [0.3, 0.4) is 0 Å². The van der Waals surface area contributed by atoms with Crippen molar-refractivity contribution in [3.05, 3.63) is 36.2 Å². The van der Waals surface area contributed by atoms with Crippen LogP contribution in [0.15, 0.2) is 30.5 Å². The molecular weight excluding hydrogens is 464 g/mol. The number of nitrogens with one attached hydrogen (secondary N) is 1. The fourth-order valence-electron chi connectivity index (χ4n) is 4.32. The fourth-order valence-corrected chi connectivity index (χ4v) is 4.32. The Kier molecular flexibility index (Phi) is 7.89. The summed E-state index contributed by atoms with van der Waals surface area (Å²) in [6.45, 7) is 3.54. The number of carbonyl (C=O) groups is 2. The van der Waals surface area contributed by atoms with Gasteiger partial charge in [-0.25, -0.2) is 19.6 Å². The molecule has 36 heavy (non-hydrogen) atoms. The minimum absolute atomic E-state index is 0.0709. The Labute approximate surface area is 209 Å². The van der Waals surface area contributed by atoms with Gasteiger partial charge in [0, 0.05) is 45.3 Å². The SMILES string of the molecule is CN1CCN(C2CCCN(c3cnc(C#N)c(Nc4ccc(OCCCOC(N)=O)cc4)n3)C2)C1=O. The number of rotatable bonds is 9. The van der Waals surface area contributed by atoms with Crippen LogP contribution in [0.2, 0.25) is 0 Å². The zero-order chi connectivity index (χ0) is 25.5. The Bertz CT molecular complexity index is 1120. The molecule has 190 valence electrons. The predicted molar refractivity (Wildman–Crippen MR) is 132 cm³/mol. The monoisotopic (exact) mass is 494 g/mol. The van der Waals surface area contributed by atoms with Gasteiger partial charge in [-0.05, 0) is 37.1 Å². The highest BCUT2D eigenvalue weighted by atomic mass is 16.5. The Morgan fingerprint density at radius 2 is 2.06 bits per heavy atom. The molecule has 12 nitrogen and oxygen atoms in total. The molecule has 0 radical (unpaired) electrons. The molecule has 1 aromatic carbocycles. The average molecular weight is 495 g/mol. The highest BCUT2D eigenvalue weighted by Gasteiger charge is 2.34. The van der Waals surface area contributed by atoms with Crippen LogP contribution in [0.5, 0.6) is 5.75 Å². The number of urea groups is 1. The number of piperidine rings is 1. The van der Waals surface area contributed by atoms with Gasteiger partial charge >= 0.3 is 12.1 Å². The normalized spacial score (nSPS) is 17.6. The van der Waals surface area contributed by atoms with Crippen molar-refractivity contribution in [2.75, 3.05) is 56.7 Å². The Morgan fingerprint density at radius 1 is 1.25 bits per heavy atom. The maximum absolute atomic E-state index is 12.5. The van der Waals surface area contributed by atoms with Crippen molar-refractivity contribution in [3.8, 4) is 11.8 Å². The molecule has 0 aliphatic carbocycles. The first kappa shape index (κ1) is 24.8. The topological polar surface area (TPSA) is 150 Å². The fraction of sp³-hybridized carbons (Fsp3) is 0.458. The summed E-state index contributed by atoms with van der Waals surface area (Å²) >= 11 is 0. The third kappa shape index (κ3) is 6.04. The molecule has 12 heteroatoms. The van der Waals surface area contributed by atoms with E-state index in [4.69, 9.17) is 15.5 Å². The standard InChI is InChI=1S/C24H30N8O4/c1-30-10-11-32(24(30)34)18-4-2-9-31(16-18)21-15-27-20(14-25)22(29-21)28-17-5-7-19(8-6-17)35-12-3-13-36-23(26)33/h5-8,15,18H,2-4,9-13,16H2,1H3,(H2,26,33)(H,28,29). The summed E-state index contributed by atoms with van der Waals surface area (Å²) in [6, 6.07) is 9.50. The first-order chi connectivity index (χ1) is 17.4. The van der Waals surface area contributed by atoms with E-state index in [0.29, 0.717) is 37.0 Å². The molecule has 1 unspecified atom stereocenters. The van der Waals surface area contributed by atoms with Gasteiger partial charge in [-0.2, -0.15) is 5.26 Å². The van der Waals surface area contributed by atoms with E-state index in [1.165, 1.54) is 0 Å². The molecule has 0 bridgehead atoms. The zero-order valence-corrected chi connectivity index (χ0v) is 20.2. The van der Waals surface area contributed by atoms with E-state index in [1.807, 2.05) is 24.1 Å². The van der Waals surface area contributed by atoms with Gasteiger partial charge < -0.3 is 35.2 Å². The molecule has 2 saturated heterocycles. The number of nitrogens with two attached hydrogens (primary N) is 1.